The molecule has 2 aromatic carbocycles. The molecule has 0 amide bonds. The molecule has 1 N–H and O–H groups in total. The maximum absolute atomic E-state index is 8.80. The van der Waals surface area contributed by atoms with Crippen molar-refractivity contribution in [1.29, 1.82) is 0 Å². The number of rotatable bonds is 5. The second-order valence-electron chi connectivity index (χ2n) is 4.17. The average molecular weight is 258 g/mol. The van der Waals surface area contributed by atoms with Crippen molar-refractivity contribution in [2.75, 3.05) is 20.8 Å². The Morgan fingerprint density at radius 2 is 1.79 bits per heavy atom. The van der Waals surface area contributed by atoms with Crippen LogP contribution in [-0.4, -0.2) is 25.9 Å². The van der Waals surface area contributed by atoms with Crippen LogP contribution in [0.3, 0.4) is 0 Å². The van der Waals surface area contributed by atoms with Gasteiger partial charge in [0.15, 0.2) is 0 Å². The van der Waals surface area contributed by atoms with E-state index in [-0.39, 0.29) is 6.61 Å². The van der Waals surface area contributed by atoms with E-state index in [1.807, 2.05) is 36.4 Å². The summed E-state index contributed by atoms with van der Waals surface area (Å²) in [6.07, 6.45) is 4.35. The SMILES string of the molecule is COc1cc(C/C=C/CO)c(OC)c2ccccc12. The molecule has 0 atom stereocenters. The van der Waals surface area contributed by atoms with Crippen LogP contribution in [0.15, 0.2) is 42.5 Å². The summed E-state index contributed by atoms with van der Waals surface area (Å²) in [6.45, 7) is 0.0486. The number of benzene rings is 2. The van der Waals surface area contributed by atoms with E-state index in [1.165, 1.54) is 0 Å². The van der Waals surface area contributed by atoms with Gasteiger partial charge in [0, 0.05) is 16.3 Å². The first kappa shape index (κ1) is 13.4. The topological polar surface area (TPSA) is 38.7 Å². The number of fused-ring (bicyclic) bond motifs is 1. The molecule has 0 aliphatic heterocycles. The fourth-order valence-electron chi connectivity index (χ4n) is 2.22. The van der Waals surface area contributed by atoms with Gasteiger partial charge in [0.2, 0.25) is 0 Å². The van der Waals surface area contributed by atoms with Gasteiger partial charge >= 0.3 is 0 Å². The summed E-state index contributed by atoms with van der Waals surface area (Å²) in [7, 11) is 3.34. The number of hydrogen-bond donors (Lipinski definition) is 1. The summed E-state index contributed by atoms with van der Waals surface area (Å²) >= 11 is 0. The third-order valence-electron chi connectivity index (χ3n) is 3.07. The van der Waals surface area contributed by atoms with Crippen molar-refractivity contribution < 1.29 is 14.6 Å². The molecule has 0 fully saturated rings. The number of hydrogen-bond acceptors (Lipinski definition) is 3. The zero-order valence-corrected chi connectivity index (χ0v) is 11.2. The monoisotopic (exact) mass is 258 g/mol. The maximum Gasteiger partial charge on any atom is 0.130 e. The molecule has 0 saturated heterocycles. The summed E-state index contributed by atoms with van der Waals surface area (Å²) in [4.78, 5) is 0. The van der Waals surface area contributed by atoms with Crippen LogP contribution in [0.5, 0.6) is 11.5 Å². The van der Waals surface area contributed by atoms with Crippen molar-refractivity contribution in [3.63, 3.8) is 0 Å². The zero-order chi connectivity index (χ0) is 13.7. The van der Waals surface area contributed by atoms with Gasteiger partial charge in [-0.25, -0.2) is 0 Å². The van der Waals surface area contributed by atoms with Gasteiger partial charge in [-0.3, -0.25) is 0 Å². The molecule has 0 bridgehead atoms. The highest BCUT2D eigenvalue weighted by molar-refractivity contribution is 5.94. The van der Waals surface area contributed by atoms with Gasteiger partial charge in [0.1, 0.15) is 11.5 Å². The van der Waals surface area contributed by atoms with E-state index in [0.717, 1.165) is 27.8 Å². The molecule has 0 aliphatic carbocycles. The summed E-state index contributed by atoms with van der Waals surface area (Å²) < 4.78 is 11.0. The van der Waals surface area contributed by atoms with Crippen molar-refractivity contribution >= 4 is 10.8 Å². The van der Waals surface area contributed by atoms with E-state index in [0.29, 0.717) is 6.42 Å². The molecule has 100 valence electrons. The lowest BCUT2D eigenvalue weighted by Crippen LogP contribution is -1.95. The van der Waals surface area contributed by atoms with Crippen LogP contribution in [0, 0.1) is 0 Å². The van der Waals surface area contributed by atoms with Crippen molar-refractivity contribution in [3.8, 4) is 11.5 Å². The van der Waals surface area contributed by atoms with Crippen LogP contribution in [0.25, 0.3) is 10.8 Å². The highest BCUT2D eigenvalue weighted by atomic mass is 16.5. The number of ether oxygens (including phenoxy) is 2. The summed E-state index contributed by atoms with van der Waals surface area (Å²) in [5.74, 6) is 1.70. The van der Waals surface area contributed by atoms with Crippen LogP contribution in [0.2, 0.25) is 0 Å². The van der Waals surface area contributed by atoms with Gasteiger partial charge in [-0.05, 0) is 12.5 Å². The van der Waals surface area contributed by atoms with Crippen molar-refractivity contribution in [2.45, 2.75) is 6.42 Å². The summed E-state index contributed by atoms with van der Waals surface area (Å²) in [5, 5.41) is 10.9. The molecule has 19 heavy (non-hydrogen) atoms. The van der Waals surface area contributed by atoms with Gasteiger partial charge < -0.3 is 14.6 Å². The van der Waals surface area contributed by atoms with Crippen molar-refractivity contribution in [3.05, 3.63) is 48.0 Å². The molecular weight excluding hydrogens is 240 g/mol. The minimum Gasteiger partial charge on any atom is -0.496 e. The molecule has 2 rings (SSSR count). The first-order valence-corrected chi connectivity index (χ1v) is 6.20. The third-order valence-corrected chi connectivity index (χ3v) is 3.07. The highest BCUT2D eigenvalue weighted by Crippen LogP contribution is 2.36. The Labute approximate surface area is 113 Å². The van der Waals surface area contributed by atoms with E-state index >= 15 is 0 Å². The van der Waals surface area contributed by atoms with Crippen LogP contribution >= 0.6 is 0 Å². The van der Waals surface area contributed by atoms with E-state index in [4.69, 9.17) is 14.6 Å². The zero-order valence-electron chi connectivity index (χ0n) is 11.2. The fourth-order valence-corrected chi connectivity index (χ4v) is 2.22. The normalized spacial score (nSPS) is 11.1. The van der Waals surface area contributed by atoms with Crippen LogP contribution in [0.1, 0.15) is 5.56 Å². The Morgan fingerprint density at radius 1 is 1.05 bits per heavy atom. The molecule has 0 radical (unpaired) electrons. The molecule has 3 nitrogen and oxygen atoms in total. The minimum atomic E-state index is 0.0486. The molecular formula is C16H18O3. The van der Waals surface area contributed by atoms with Gasteiger partial charge in [-0.15, -0.1) is 0 Å². The van der Waals surface area contributed by atoms with Crippen LogP contribution in [0.4, 0.5) is 0 Å². The predicted octanol–water partition coefficient (Wildman–Crippen LogP) is 2.95. The van der Waals surface area contributed by atoms with E-state index in [9.17, 15) is 0 Å². The smallest absolute Gasteiger partial charge is 0.130 e. The van der Waals surface area contributed by atoms with Crippen LogP contribution in [-0.2, 0) is 6.42 Å². The van der Waals surface area contributed by atoms with Gasteiger partial charge in [-0.1, -0.05) is 36.4 Å². The highest BCUT2D eigenvalue weighted by Gasteiger charge is 2.11. The Bertz CT molecular complexity index is 588. The second-order valence-corrected chi connectivity index (χ2v) is 4.17. The molecule has 3 heteroatoms. The maximum atomic E-state index is 8.80. The first-order chi connectivity index (χ1) is 9.31. The van der Waals surface area contributed by atoms with Gasteiger partial charge in [0.05, 0.1) is 20.8 Å². The number of aliphatic hydroxyl groups is 1. The second kappa shape index (κ2) is 6.25. The third kappa shape index (κ3) is 2.71. The number of methoxy groups -OCH3 is 2. The summed E-state index contributed by atoms with van der Waals surface area (Å²) in [6, 6.07) is 10.00. The van der Waals surface area contributed by atoms with Crippen LogP contribution < -0.4 is 9.47 Å². The van der Waals surface area contributed by atoms with Gasteiger partial charge in [0.25, 0.3) is 0 Å². The lowest BCUT2D eigenvalue weighted by Gasteiger charge is -2.14. The first-order valence-electron chi connectivity index (χ1n) is 6.20. The number of allylic oxidation sites excluding steroid dienone is 1. The molecule has 0 saturated carbocycles. The molecule has 2 aromatic rings. The van der Waals surface area contributed by atoms with E-state index in [1.54, 1.807) is 20.3 Å². The molecule has 0 spiro atoms. The van der Waals surface area contributed by atoms with Crippen molar-refractivity contribution in [1.82, 2.24) is 0 Å². The molecule has 0 heterocycles. The standard InChI is InChI=1S/C16H18O3/c1-18-15-11-12(7-5-6-10-17)16(19-2)14-9-4-3-8-13(14)15/h3-6,8-9,11,17H,7,10H2,1-2H3/b6-5+. The van der Waals surface area contributed by atoms with Gasteiger partial charge in [-0.2, -0.15) is 0 Å². The predicted molar refractivity (Wildman–Crippen MR) is 77.0 cm³/mol. The number of aliphatic hydroxyl groups excluding tert-OH is 1. The average Bonchev–Trinajstić information content (AvgIpc) is 2.46. The largest absolute Gasteiger partial charge is 0.496 e. The lowest BCUT2D eigenvalue weighted by molar-refractivity contribution is 0.342. The Balaban J connectivity index is 2.59. The lowest BCUT2D eigenvalue weighted by atomic mass is 10.0. The molecule has 0 unspecified atom stereocenters. The molecule has 0 aliphatic rings. The Kier molecular flexibility index (Phi) is 4.42. The van der Waals surface area contributed by atoms with E-state index in [2.05, 4.69) is 0 Å². The fraction of sp³-hybridized carbons (Fsp3) is 0.250. The quantitative estimate of drug-likeness (QED) is 0.838. The Hall–Kier alpha value is -2.00. The molecule has 0 aromatic heterocycles. The van der Waals surface area contributed by atoms with Crippen molar-refractivity contribution in [2.24, 2.45) is 0 Å². The summed E-state index contributed by atoms with van der Waals surface area (Å²) in [5.41, 5.74) is 1.04. The minimum absolute atomic E-state index is 0.0486. The van der Waals surface area contributed by atoms with E-state index < -0.39 is 0 Å². The Morgan fingerprint density at radius 3 is 2.42 bits per heavy atom.